The Morgan fingerprint density at radius 1 is 1.08 bits per heavy atom. The van der Waals surface area contributed by atoms with Crippen molar-refractivity contribution in [2.45, 2.75) is 52.4 Å². The van der Waals surface area contributed by atoms with Crippen molar-refractivity contribution in [3.05, 3.63) is 29.3 Å². The number of hydrogen-bond acceptors (Lipinski definition) is 4. The molecular weight excluding hydrogens is 304 g/mol. The first kappa shape index (κ1) is 16.9. The molecule has 0 aromatic heterocycles. The van der Waals surface area contributed by atoms with Gasteiger partial charge in [-0.15, -0.1) is 0 Å². The lowest BCUT2D eigenvalue weighted by Crippen LogP contribution is -2.23. The van der Waals surface area contributed by atoms with Crippen LogP contribution in [-0.4, -0.2) is 26.4 Å². The van der Waals surface area contributed by atoms with Gasteiger partial charge in [0.1, 0.15) is 17.2 Å². The number of ether oxygens (including phenoxy) is 4. The van der Waals surface area contributed by atoms with Crippen LogP contribution in [0.4, 0.5) is 0 Å². The molecule has 0 saturated heterocycles. The fourth-order valence-corrected chi connectivity index (χ4v) is 3.54. The summed E-state index contributed by atoms with van der Waals surface area (Å²) in [6.45, 7) is 8.28. The maximum Gasteiger partial charge on any atom is 0.137 e. The fraction of sp³-hybridized carbons (Fsp3) is 0.500. The SMILES string of the molecule is COc1cc(OC)c2c(OC(C)C)c3c(cc2c1)C[C@@H](C)O[C@@H]3C. The maximum atomic E-state index is 6.25. The van der Waals surface area contributed by atoms with Crippen molar-refractivity contribution < 1.29 is 18.9 Å². The lowest BCUT2D eigenvalue weighted by molar-refractivity contribution is -0.00658. The van der Waals surface area contributed by atoms with E-state index in [0.717, 1.165) is 40.0 Å². The van der Waals surface area contributed by atoms with Crippen LogP contribution >= 0.6 is 0 Å². The van der Waals surface area contributed by atoms with E-state index < -0.39 is 0 Å². The minimum absolute atomic E-state index is 0.00583. The van der Waals surface area contributed by atoms with Gasteiger partial charge in [-0.25, -0.2) is 0 Å². The first-order chi connectivity index (χ1) is 11.4. The highest BCUT2D eigenvalue weighted by atomic mass is 16.5. The van der Waals surface area contributed by atoms with Crippen LogP contribution in [0.1, 0.15) is 44.9 Å². The second-order valence-corrected chi connectivity index (χ2v) is 6.67. The molecule has 4 nitrogen and oxygen atoms in total. The number of hydrogen-bond donors (Lipinski definition) is 0. The van der Waals surface area contributed by atoms with E-state index in [0.29, 0.717) is 0 Å². The van der Waals surface area contributed by atoms with Gasteiger partial charge in [0.25, 0.3) is 0 Å². The summed E-state index contributed by atoms with van der Waals surface area (Å²) in [5.74, 6) is 2.41. The number of benzene rings is 2. The van der Waals surface area contributed by atoms with Gasteiger partial charge in [0.05, 0.1) is 37.9 Å². The Bertz CT molecular complexity index is 751. The van der Waals surface area contributed by atoms with E-state index in [1.807, 2.05) is 26.0 Å². The second-order valence-electron chi connectivity index (χ2n) is 6.67. The fourth-order valence-electron chi connectivity index (χ4n) is 3.54. The number of rotatable bonds is 4. The topological polar surface area (TPSA) is 36.9 Å². The quantitative estimate of drug-likeness (QED) is 0.816. The molecule has 3 rings (SSSR count). The van der Waals surface area contributed by atoms with Gasteiger partial charge in [-0.2, -0.15) is 0 Å². The van der Waals surface area contributed by atoms with E-state index in [2.05, 4.69) is 19.9 Å². The monoisotopic (exact) mass is 330 g/mol. The van der Waals surface area contributed by atoms with Crippen LogP contribution in [0.25, 0.3) is 10.8 Å². The van der Waals surface area contributed by atoms with Crippen molar-refractivity contribution in [3.63, 3.8) is 0 Å². The van der Waals surface area contributed by atoms with Crippen molar-refractivity contribution in [1.82, 2.24) is 0 Å². The van der Waals surface area contributed by atoms with E-state index in [4.69, 9.17) is 18.9 Å². The molecule has 2 aromatic carbocycles. The first-order valence-electron chi connectivity index (χ1n) is 8.48. The van der Waals surface area contributed by atoms with Gasteiger partial charge in [-0.1, -0.05) is 6.07 Å². The van der Waals surface area contributed by atoms with E-state index in [-0.39, 0.29) is 18.3 Å². The molecule has 0 spiro atoms. The van der Waals surface area contributed by atoms with Crippen molar-refractivity contribution >= 4 is 10.8 Å². The van der Waals surface area contributed by atoms with Gasteiger partial charge < -0.3 is 18.9 Å². The molecule has 2 atom stereocenters. The summed E-state index contributed by atoms with van der Waals surface area (Å²) in [6, 6.07) is 6.16. The molecule has 1 aliphatic heterocycles. The summed E-state index contributed by atoms with van der Waals surface area (Å²) < 4.78 is 23.4. The summed E-state index contributed by atoms with van der Waals surface area (Å²) in [7, 11) is 3.34. The predicted molar refractivity (Wildman–Crippen MR) is 95.5 cm³/mol. The molecule has 0 amide bonds. The van der Waals surface area contributed by atoms with Crippen LogP contribution in [0, 0.1) is 0 Å². The first-order valence-corrected chi connectivity index (χ1v) is 8.48. The summed E-state index contributed by atoms with van der Waals surface area (Å²) in [6.07, 6.45) is 1.14. The lowest BCUT2D eigenvalue weighted by Gasteiger charge is -2.31. The Hall–Kier alpha value is -1.94. The Kier molecular flexibility index (Phi) is 4.59. The van der Waals surface area contributed by atoms with Gasteiger partial charge in [0.2, 0.25) is 0 Å². The highest BCUT2D eigenvalue weighted by Crippen LogP contribution is 2.46. The highest BCUT2D eigenvalue weighted by Gasteiger charge is 2.29. The Labute approximate surface area is 143 Å². The maximum absolute atomic E-state index is 6.25. The molecule has 0 N–H and O–H groups in total. The predicted octanol–water partition coefficient (Wildman–Crippen LogP) is 4.67. The highest BCUT2D eigenvalue weighted by molar-refractivity contribution is 5.97. The molecule has 24 heavy (non-hydrogen) atoms. The summed E-state index contributed by atoms with van der Waals surface area (Å²) >= 11 is 0. The van der Waals surface area contributed by atoms with E-state index in [1.54, 1.807) is 14.2 Å². The van der Waals surface area contributed by atoms with Crippen LogP contribution < -0.4 is 14.2 Å². The molecule has 0 saturated carbocycles. The zero-order valence-corrected chi connectivity index (χ0v) is 15.3. The zero-order chi connectivity index (χ0) is 17.4. The van der Waals surface area contributed by atoms with Crippen molar-refractivity contribution in [1.29, 1.82) is 0 Å². The van der Waals surface area contributed by atoms with Crippen molar-refractivity contribution in [3.8, 4) is 17.2 Å². The molecule has 0 bridgehead atoms. The van der Waals surface area contributed by atoms with E-state index in [1.165, 1.54) is 5.56 Å². The Morgan fingerprint density at radius 3 is 2.46 bits per heavy atom. The van der Waals surface area contributed by atoms with Gasteiger partial charge in [-0.05, 0) is 51.1 Å². The molecule has 1 aliphatic rings. The smallest absolute Gasteiger partial charge is 0.137 e. The van der Waals surface area contributed by atoms with Crippen LogP contribution in [0.2, 0.25) is 0 Å². The third-order valence-corrected chi connectivity index (χ3v) is 4.41. The summed E-state index contributed by atoms with van der Waals surface area (Å²) in [5.41, 5.74) is 2.41. The van der Waals surface area contributed by atoms with E-state index in [9.17, 15) is 0 Å². The molecule has 4 heteroatoms. The molecule has 2 aromatic rings. The number of fused-ring (bicyclic) bond motifs is 2. The standard InChI is InChI=1S/C20H26O4/c1-11(2)23-20-18-13(4)24-12(3)7-14(18)8-15-9-16(21-5)10-17(22-6)19(15)20/h8-13H,7H2,1-6H3/t12-,13-/m1/s1. The van der Waals surface area contributed by atoms with Gasteiger partial charge in [0.15, 0.2) is 0 Å². The molecule has 0 unspecified atom stereocenters. The van der Waals surface area contributed by atoms with Gasteiger partial charge in [-0.3, -0.25) is 0 Å². The molecule has 0 fully saturated rings. The zero-order valence-electron chi connectivity index (χ0n) is 15.3. The summed E-state index contributed by atoms with van der Waals surface area (Å²) in [4.78, 5) is 0. The van der Waals surface area contributed by atoms with E-state index >= 15 is 0 Å². The minimum Gasteiger partial charge on any atom is -0.497 e. The summed E-state index contributed by atoms with van der Waals surface area (Å²) in [5, 5.41) is 2.05. The largest absolute Gasteiger partial charge is 0.497 e. The van der Waals surface area contributed by atoms with Crippen molar-refractivity contribution in [2.75, 3.05) is 14.2 Å². The minimum atomic E-state index is -0.00583. The number of methoxy groups -OCH3 is 2. The van der Waals surface area contributed by atoms with Crippen LogP contribution in [0.3, 0.4) is 0 Å². The molecule has 130 valence electrons. The van der Waals surface area contributed by atoms with Crippen LogP contribution in [0.5, 0.6) is 17.2 Å². The normalized spacial score (nSPS) is 20.1. The molecule has 1 heterocycles. The lowest BCUT2D eigenvalue weighted by atomic mass is 9.90. The van der Waals surface area contributed by atoms with Gasteiger partial charge >= 0.3 is 0 Å². The molecule has 0 radical (unpaired) electrons. The average molecular weight is 330 g/mol. The van der Waals surface area contributed by atoms with Crippen molar-refractivity contribution in [2.24, 2.45) is 0 Å². The third-order valence-electron chi connectivity index (χ3n) is 4.41. The third kappa shape index (κ3) is 2.91. The Morgan fingerprint density at radius 2 is 1.83 bits per heavy atom. The molecule has 0 aliphatic carbocycles. The van der Waals surface area contributed by atoms with Crippen LogP contribution in [-0.2, 0) is 11.2 Å². The molecular formula is C20H26O4. The van der Waals surface area contributed by atoms with Gasteiger partial charge in [0, 0.05) is 11.6 Å². The Balaban J connectivity index is 2.36. The second kappa shape index (κ2) is 6.52. The average Bonchev–Trinajstić information content (AvgIpc) is 2.52. The van der Waals surface area contributed by atoms with Crippen LogP contribution in [0.15, 0.2) is 18.2 Å².